The van der Waals surface area contributed by atoms with Crippen molar-refractivity contribution in [2.24, 2.45) is 0 Å². The fraction of sp³-hybridized carbons (Fsp3) is 0.571. The van der Waals surface area contributed by atoms with E-state index in [1.54, 1.807) is 4.90 Å². The van der Waals surface area contributed by atoms with Crippen LogP contribution >= 0.6 is 0 Å². The topological polar surface area (TPSA) is 96.9 Å². The zero-order chi connectivity index (χ0) is 27.9. The molecule has 9 nitrogen and oxygen atoms in total. The Morgan fingerprint density at radius 1 is 1.11 bits per heavy atom. The number of hydrogen-bond acceptors (Lipinski definition) is 8. The van der Waals surface area contributed by atoms with Crippen molar-refractivity contribution >= 4 is 17.7 Å². The first-order valence-corrected chi connectivity index (χ1v) is 13.3. The van der Waals surface area contributed by atoms with E-state index in [-0.39, 0.29) is 17.8 Å². The van der Waals surface area contributed by atoms with E-state index >= 15 is 0 Å². The first kappa shape index (κ1) is 29.3. The highest BCUT2D eigenvalue weighted by Crippen LogP contribution is 2.39. The molecule has 0 radical (unpaired) electrons. The van der Waals surface area contributed by atoms with Gasteiger partial charge >= 0.3 is 12.1 Å². The van der Waals surface area contributed by atoms with Gasteiger partial charge < -0.3 is 19.7 Å². The summed E-state index contributed by atoms with van der Waals surface area (Å²) in [5.74, 6) is -0.979. The number of anilines is 1. The smallest absolute Gasteiger partial charge is 0.410 e. The Labute approximate surface area is 224 Å². The number of pyridine rings is 2. The van der Waals surface area contributed by atoms with E-state index in [4.69, 9.17) is 9.72 Å². The van der Waals surface area contributed by atoms with E-state index in [2.05, 4.69) is 26.0 Å². The van der Waals surface area contributed by atoms with Gasteiger partial charge in [-0.15, -0.1) is 0 Å². The van der Waals surface area contributed by atoms with Crippen molar-refractivity contribution < 1.29 is 23.5 Å². The molecular formula is C28H40FN5O4. The number of carbonyl (C=O) groups excluding carboxylic acids is 2. The summed E-state index contributed by atoms with van der Waals surface area (Å²) in [6, 6.07) is 5.10. The number of carbonyl (C=O) groups is 2. The zero-order valence-corrected chi connectivity index (χ0v) is 23.3. The van der Waals surface area contributed by atoms with E-state index in [0.717, 1.165) is 5.69 Å². The number of methoxy groups -OCH3 is 1. The third kappa shape index (κ3) is 8.11. The summed E-state index contributed by atoms with van der Waals surface area (Å²) in [7, 11) is 1.19. The van der Waals surface area contributed by atoms with Gasteiger partial charge in [0.25, 0.3) is 0 Å². The molecule has 2 aliphatic rings. The number of hydrogen-bond donors (Lipinski definition) is 1. The summed E-state index contributed by atoms with van der Waals surface area (Å²) in [5.41, 5.74) is 1.61. The molecule has 1 aliphatic carbocycles. The molecule has 1 saturated heterocycles. The van der Waals surface area contributed by atoms with E-state index in [1.807, 2.05) is 46.9 Å². The van der Waals surface area contributed by atoms with Gasteiger partial charge in [0.1, 0.15) is 5.60 Å². The second-order valence-electron chi connectivity index (χ2n) is 10.3. The van der Waals surface area contributed by atoms with Gasteiger partial charge in [-0.1, -0.05) is 19.9 Å². The van der Waals surface area contributed by atoms with Crippen LogP contribution in [-0.4, -0.2) is 77.3 Å². The molecule has 0 aromatic carbocycles. The summed E-state index contributed by atoms with van der Waals surface area (Å²) < 4.78 is 24.6. The largest absolute Gasteiger partial charge is 0.464 e. The van der Waals surface area contributed by atoms with Crippen LogP contribution < -0.4 is 5.32 Å². The first-order chi connectivity index (χ1) is 18.1. The third-order valence-corrected chi connectivity index (χ3v) is 6.24. The lowest BCUT2D eigenvalue weighted by atomic mass is 10.1. The summed E-state index contributed by atoms with van der Waals surface area (Å²) in [5, 5.41) is 3.33. The van der Waals surface area contributed by atoms with Crippen LogP contribution in [-0.2, 0) is 9.47 Å². The number of aromatic nitrogens is 2. The van der Waals surface area contributed by atoms with Gasteiger partial charge in [-0.2, -0.15) is 0 Å². The number of nitrogens with zero attached hydrogens (tertiary/aromatic N) is 4. The average Bonchev–Trinajstić information content (AvgIpc) is 3.74. The molecular weight excluding hydrogens is 489 g/mol. The molecule has 1 amide bonds. The molecule has 1 saturated carbocycles. The van der Waals surface area contributed by atoms with Crippen molar-refractivity contribution in [1.82, 2.24) is 19.8 Å². The minimum absolute atomic E-state index is 0.253. The molecule has 0 spiro atoms. The third-order valence-electron chi connectivity index (χ3n) is 6.24. The summed E-state index contributed by atoms with van der Waals surface area (Å²) in [6.07, 6.45) is 5.42. The highest BCUT2D eigenvalue weighted by atomic mass is 19.1. The van der Waals surface area contributed by atoms with Crippen molar-refractivity contribution in [1.29, 1.82) is 0 Å². The molecule has 1 unspecified atom stereocenters. The van der Waals surface area contributed by atoms with Crippen molar-refractivity contribution in [3.8, 4) is 0 Å². The molecule has 1 aliphatic heterocycles. The minimum Gasteiger partial charge on any atom is -0.464 e. The number of piperazine rings is 1. The molecule has 10 heteroatoms. The van der Waals surface area contributed by atoms with E-state index in [0.29, 0.717) is 44.3 Å². The lowest BCUT2D eigenvalue weighted by Gasteiger charge is -2.37. The van der Waals surface area contributed by atoms with Crippen molar-refractivity contribution in [3.63, 3.8) is 0 Å². The quantitative estimate of drug-likeness (QED) is 0.500. The van der Waals surface area contributed by atoms with Crippen LogP contribution in [0.15, 0.2) is 30.6 Å². The normalized spacial score (nSPS) is 16.7. The molecule has 208 valence electrons. The number of amides is 1. The number of esters is 1. The van der Waals surface area contributed by atoms with Gasteiger partial charge in [0.15, 0.2) is 11.5 Å². The SMILES string of the molecule is CC.COC(=O)c1ncc(NC(CN2CCN(C(=O)OC(C)(C)C)CC2)c2ccc(C3CC3)cn2)cc1F. The highest BCUT2D eigenvalue weighted by molar-refractivity contribution is 5.87. The monoisotopic (exact) mass is 529 g/mol. The average molecular weight is 530 g/mol. The fourth-order valence-electron chi connectivity index (χ4n) is 4.16. The molecule has 2 aromatic rings. The van der Waals surface area contributed by atoms with Crippen LogP contribution in [0, 0.1) is 5.82 Å². The van der Waals surface area contributed by atoms with Gasteiger partial charge in [0, 0.05) is 45.0 Å². The number of ether oxygens (including phenoxy) is 2. The zero-order valence-electron chi connectivity index (χ0n) is 23.3. The molecule has 2 fully saturated rings. The van der Waals surface area contributed by atoms with Crippen molar-refractivity contribution in [2.75, 3.05) is 45.2 Å². The van der Waals surface area contributed by atoms with E-state index < -0.39 is 17.4 Å². The van der Waals surface area contributed by atoms with Gasteiger partial charge in [-0.3, -0.25) is 9.88 Å². The van der Waals surface area contributed by atoms with Crippen LogP contribution in [0.25, 0.3) is 0 Å². The molecule has 3 heterocycles. The van der Waals surface area contributed by atoms with Crippen LogP contribution in [0.5, 0.6) is 0 Å². The standard InChI is InChI=1S/C26H34FN5O4.C2H6/c1-26(2,3)36-25(34)32-11-9-31(10-12-32)16-22(21-8-7-18(14-28-21)17-5-6-17)30-19-13-20(27)23(29-15-19)24(33)35-4;1-2/h7-8,13-15,17,22,30H,5-6,9-12,16H2,1-4H3;1-2H3. The van der Waals surface area contributed by atoms with Gasteiger partial charge in [0.05, 0.1) is 30.7 Å². The molecule has 1 N–H and O–H groups in total. The Hall–Kier alpha value is -3.27. The Morgan fingerprint density at radius 3 is 2.32 bits per heavy atom. The Kier molecular flexibility index (Phi) is 10.0. The lowest BCUT2D eigenvalue weighted by molar-refractivity contribution is 0.0142. The first-order valence-electron chi connectivity index (χ1n) is 13.3. The number of halogens is 1. The van der Waals surface area contributed by atoms with E-state index in [9.17, 15) is 14.0 Å². The number of rotatable bonds is 7. The van der Waals surface area contributed by atoms with Crippen LogP contribution in [0.2, 0.25) is 0 Å². The summed E-state index contributed by atoms with van der Waals surface area (Å²) >= 11 is 0. The van der Waals surface area contributed by atoms with Gasteiger partial charge in [0.2, 0.25) is 0 Å². The molecule has 4 rings (SSSR count). The predicted octanol–water partition coefficient (Wildman–Crippen LogP) is 5.01. The maximum Gasteiger partial charge on any atom is 0.410 e. The van der Waals surface area contributed by atoms with E-state index in [1.165, 1.54) is 37.8 Å². The Balaban J connectivity index is 0.00000195. The van der Waals surface area contributed by atoms with Crippen LogP contribution in [0.1, 0.15) is 81.2 Å². The second-order valence-corrected chi connectivity index (χ2v) is 10.3. The maximum atomic E-state index is 14.5. The summed E-state index contributed by atoms with van der Waals surface area (Å²) in [6.45, 7) is 12.6. The minimum atomic E-state index is -0.823. The predicted molar refractivity (Wildman–Crippen MR) is 144 cm³/mol. The van der Waals surface area contributed by atoms with Crippen molar-refractivity contribution in [3.05, 3.63) is 53.4 Å². The maximum absolute atomic E-state index is 14.5. The Bertz CT molecular complexity index is 1080. The highest BCUT2D eigenvalue weighted by Gasteiger charge is 2.28. The van der Waals surface area contributed by atoms with Crippen LogP contribution in [0.3, 0.4) is 0 Å². The lowest BCUT2D eigenvalue weighted by Crippen LogP contribution is -2.51. The number of nitrogens with one attached hydrogen (secondary N) is 1. The van der Waals surface area contributed by atoms with Crippen molar-refractivity contribution in [2.45, 2.75) is 65.0 Å². The molecule has 0 bridgehead atoms. The molecule has 38 heavy (non-hydrogen) atoms. The Morgan fingerprint density at radius 2 is 1.79 bits per heavy atom. The summed E-state index contributed by atoms with van der Waals surface area (Å²) in [4.78, 5) is 36.7. The molecule has 2 aromatic heterocycles. The van der Waals surface area contributed by atoms with Gasteiger partial charge in [-0.05, 0) is 51.2 Å². The fourth-order valence-corrected chi connectivity index (χ4v) is 4.16. The van der Waals surface area contributed by atoms with Crippen LogP contribution in [0.4, 0.5) is 14.9 Å². The second kappa shape index (κ2) is 13.0. The van der Waals surface area contributed by atoms with Gasteiger partial charge in [-0.25, -0.2) is 19.0 Å². The molecule has 1 atom stereocenters.